The fourth-order valence-corrected chi connectivity index (χ4v) is 8.55. The third kappa shape index (κ3) is 16.5. The van der Waals surface area contributed by atoms with Gasteiger partial charge in [-0.2, -0.15) is 52.8 Å². The molecule has 0 aliphatic rings. The zero-order valence-corrected chi connectivity index (χ0v) is 47.0. The van der Waals surface area contributed by atoms with Crippen LogP contribution in [0.3, 0.4) is 0 Å². The van der Waals surface area contributed by atoms with E-state index in [2.05, 4.69) is 30.4 Å². The number of carbonyl (C=O) groups is 4. The van der Waals surface area contributed by atoms with E-state index in [9.17, 15) is 19.2 Å². The van der Waals surface area contributed by atoms with Crippen LogP contribution in [0.4, 0.5) is 0 Å². The van der Waals surface area contributed by atoms with E-state index >= 15 is 0 Å². The van der Waals surface area contributed by atoms with Gasteiger partial charge in [0.1, 0.15) is 0 Å². The number of nitriles is 4. The fourth-order valence-electron chi connectivity index (χ4n) is 7.92. The highest BCUT2D eigenvalue weighted by molar-refractivity contribution is 7.08. The normalized spacial score (nSPS) is 10.7. The van der Waals surface area contributed by atoms with Gasteiger partial charge in [0.25, 0.3) is 23.6 Å². The Morgan fingerprint density at radius 3 is 1.18 bits per heavy atom. The van der Waals surface area contributed by atoms with Gasteiger partial charge in [-0.3, -0.25) is 19.2 Å². The van der Waals surface area contributed by atoms with E-state index < -0.39 is 0 Å². The number of nitrogens with one attached hydrogen (secondary N) is 2. The first-order chi connectivity index (χ1) is 43.0. The van der Waals surface area contributed by atoms with Crippen LogP contribution in [-0.2, 0) is 0 Å². The third-order valence-electron chi connectivity index (χ3n) is 12.3. The van der Waals surface area contributed by atoms with Crippen LogP contribution in [0.1, 0.15) is 109 Å². The maximum absolute atomic E-state index is 12.3. The first kappa shape index (κ1) is 59.5. The standard InChI is InChI=1S/2C17H12N4O.C17H11N3O2.C17H11N3OS/c18-12-13-3-1-4-14(11-13)17(22)21-10-8-16(20-21)7-6-15-5-2-9-19-15;18-11-14-2-1-3-15(10-14)17(22)21-9-7-16(20-21)5-4-13-6-8-19-12-13;2*18-11-14-2-1-3-15(10-14)17(21)20-8-6-16(19-20)5-4-13-7-9-22-12-13/h1-11,19H;1-10,12,19H;2*1-10,12H/b7-6+;3*5-4+. The van der Waals surface area contributed by atoms with Crippen molar-refractivity contribution in [2.24, 2.45) is 0 Å². The number of H-pyrrole nitrogens is 2. The fraction of sp³-hybridized carbons (Fsp3) is 0. The van der Waals surface area contributed by atoms with Crippen LogP contribution in [0.2, 0.25) is 0 Å². The zero-order chi connectivity index (χ0) is 61.5. The molecule has 0 unspecified atom stereocenters. The van der Waals surface area contributed by atoms with Crippen molar-refractivity contribution in [2.45, 2.75) is 0 Å². The number of hydrogen-bond donors (Lipinski definition) is 2. The molecule has 4 aromatic carbocycles. The molecule has 0 spiro atoms. The van der Waals surface area contributed by atoms with Gasteiger partial charge in [-0.15, -0.1) is 0 Å². The van der Waals surface area contributed by atoms with E-state index in [0.717, 1.165) is 22.4 Å². The van der Waals surface area contributed by atoms with Gasteiger partial charge >= 0.3 is 0 Å². The van der Waals surface area contributed by atoms with E-state index in [0.29, 0.717) is 67.3 Å². The minimum atomic E-state index is -0.278. The molecule has 2 N–H and O–H groups in total. The molecule has 0 fully saturated rings. The molecule has 0 saturated heterocycles. The number of hydrogen-bond acceptors (Lipinski definition) is 14. The zero-order valence-electron chi connectivity index (χ0n) is 46.2. The topological polar surface area (TPSA) is 279 Å². The predicted molar refractivity (Wildman–Crippen MR) is 333 cm³/mol. The van der Waals surface area contributed by atoms with E-state index in [1.807, 2.05) is 126 Å². The van der Waals surface area contributed by atoms with Crippen LogP contribution < -0.4 is 0 Å². The smallest absolute Gasteiger partial charge is 0.278 e. The summed E-state index contributed by atoms with van der Waals surface area (Å²) in [6.45, 7) is 0. The van der Waals surface area contributed by atoms with Crippen molar-refractivity contribution in [2.75, 3.05) is 0 Å². The molecule has 20 heteroatoms. The Bertz CT molecular complexity index is 4060. The highest BCUT2D eigenvalue weighted by Gasteiger charge is 2.14. The SMILES string of the molecule is N#Cc1cccc(C(=O)n2ccc(/C=C/c3cc[nH]c3)n2)c1.N#Cc1cccc(C(=O)n2ccc(/C=C/c3ccc[nH]3)n2)c1.N#Cc1cccc(C(=O)n2ccc(/C=C/c3ccoc3)n2)c1.N#Cc1cccc(C(=O)n2ccc(/C=C/c3ccsc3)n2)c1. The van der Waals surface area contributed by atoms with Gasteiger partial charge in [0.15, 0.2) is 0 Å². The average Bonchev–Trinajstić information content (AvgIpc) is 4.41. The maximum atomic E-state index is 12.3. The molecule has 0 radical (unpaired) electrons. The Morgan fingerprint density at radius 1 is 0.432 bits per heavy atom. The summed E-state index contributed by atoms with van der Waals surface area (Å²) in [6.07, 6.45) is 30.1. The van der Waals surface area contributed by atoms with Crippen molar-refractivity contribution in [3.8, 4) is 24.3 Å². The lowest BCUT2D eigenvalue weighted by atomic mass is 10.1. The van der Waals surface area contributed by atoms with E-state index in [4.69, 9.17) is 25.5 Å². The van der Waals surface area contributed by atoms with Gasteiger partial charge in [0, 0.05) is 76.9 Å². The second-order valence-electron chi connectivity index (χ2n) is 18.4. The molecule has 19 nitrogen and oxygen atoms in total. The van der Waals surface area contributed by atoms with Gasteiger partial charge in [0.2, 0.25) is 0 Å². The third-order valence-corrected chi connectivity index (χ3v) is 13.0. The number of rotatable bonds is 12. The first-order valence-corrected chi connectivity index (χ1v) is 27.4. The molecular weight excluding hydrogens is 1120 g/mol. The second-order valence-corrected chi connectivity index (χ2v) is 19.2. The number of carbonyl (C=O) groups excluding carboxylic acids is 4. The summed E-state index contributed by atoms with van der Waals surface area (Å²) >= 11 is 1.63. The predicted octanol–water partition coefficient (Wildman–Crippen LogP) is 12.8. The average molecular weight is 1170 g/mol. The highest BCUT2D eigenvalue weighted by Crippen LogP contribution is 2.15. The van der Waals surface area contributed by atoms with E-state index in [1.165, 1.54) is 18.7 Å². The summed E-state index contributed by atoms with van der Waals surface area (Å²) in [5.74, 6) is -1.07. The summed E-state index contributed by atoms with van der Waals surface area (Å²) in [5.41, 5.74) is 10.3. The summed E-state index contributed by atoms with van der Waals surface area (Å²) < 4.78 is 10.0. The Labute approximate surface area is 507 Å². The summed E-state index contributed by atoms with van der Waals surface area (Å²) in [4.78, 5) is 55.3. The van der Waals surface area contributed by atoms with Gasteiger partial charge in [0.05, 0.1) is 81.8 Å². The molecule has 12 aromatic rings. The van der Waals surface area contributed by atoms with Crippen LogP contribution in [0.15, 0.2) is 223 Å². The molecule has 0 bridgehead atoms. The highest BCUT2D eigenvalue weighted by atomic mass is 32.1. The lowest BCUT2D eigenvalue weighted by molar-refractivity contribution is 0.0937. The quantitative estimate of drug-likeness (QED) is 0.115. The van der Waals surface area contributed by atoms with E-state index in [1.54, 1.807) is 176 Å². The lowest BCUT2D eigenvalue weighted by Crippen LogP contribution is -2.12. The molecule has 0 aliphatic carbocycles. The van der Waals surface area contributed by atoms with Gasteiger partial charge in [-0.05, 0) is 186 Å². The summed E-state index contributed by atoms with van der Waals surface area (Å²) in [6, 6.07) is 50.9. The largest absolute Gasteiger partial charge is 0.472 e. The maximum Gasteiger partial charge on any atom is 0.278 e. The Morgan fingerprint density at radius 2 is 0.841 bits per heavy atom. The van der Waals surface area contributed by atoms with Crippen LogP contribution >= 0.6 is 11.3 Å². The Kier molecular flexibility index (Phi) is 20.1. The molecule has 0 atom stereocenters. The molecule has 0 aliphatic heterocycles. The van der Waals surface area contributed by atoms with Crippen LogP contribution in [0.5, 0.6) is 0 Å². The minimum Gasteiger partial charge on any atom is -0.472 e. The van der Waals surface area contributed by atoms with Crippen molar-refractivity contribution in [3.05, 3.63) is 308 Å². The van der Waals surface area contributed by atoms with Crippen LogP contribution in [-0.4, -0.2) is 72.7 Å². The molecule has 8 heterocycles. The number of benzene rings is 4. The Hall–Kier alpha value is -13.1. The molecule has 12 rings (SSSR count). The summed E-state index contributed by atoms with van der Waals surface area (Å²) in [7, 11) is 0. The monoisotopic (exact) mass is 1170 g/mol. The first-order valence-electron chi connectivity index (χ1n) is 26.5. The number of furan rings is 1. The van der Waals surface area contributed by atoms with Gasteiger partial charge < -0.3 is 14.4 Å². The number of nitrogens with zero attached hydrogens (tertiary/aromatic N) is 12. The van der Waals surface area contributed by atoms with Gasteiger partial charge in [-0.25, -0.2) is 18.7 Å². The molecule has 424 valence electrons. The van der Waals surface area contributed by atoms with Crippen LogP contribution in [0, 0.1) is 45.3 Å². The van der Waals surface area contributed by atoms with Crippen molar-refractivity contribution >= 4 is 83.6 Å². The molecular formula is C68H46N14O5S. The molecule has 88 heavy (non-hydrogen) atoms. The van der Waals surface area contributed by atoms with Gasteiger partial charge in [-0.1, -0.05) is 36.4 Å². The van der Waals surface area contributed by atoms with Crippen molar-refractivity contribution < 1.29 is 23.6 Å². The van der Waals surface area contributed by atoms with Crippen molar-refractivity contribution in [1.29, 1.82) is 21.0 Å². The number of aromatic nitrogens is 10. The lowest BCUT2D eigenvalue weighted by Gasteiger charge is -2.00. The number of aromatic amines is 2. The Balaban J connectivity index is 0.000000140. The van der Waals surface area contributed by atoms with Crippen molar-refractivity contribution in [3.63, 3.8) is 0 Å². The second kappa shape index (κ2) is 29.7. The molecule has 0 amide bonds. The van der Waals surface area contributed by atoms with E-state index in [-0.39, 0.29) is 23.6 Å². The van der Waals surface area contributed by atoms with Crippen LogP contribution in [0.25, 0.3) is 48.6 Å². The molecule has 0 saturated carbocycles. The van der Waals surface area contributed by atoms with Crippen molar-refractivity contribution in [1.82, 2.24) is 49.1 Å². The number of thiophene rings is 1. The molecule has 8 aromatic heterocycles. The summed E-state index contributed by atoms with van der Waals surface area (Å²) in [5, 5.41) is 56.5. The minimum absolute atomic E-state index is 0.257.